The Kier molecular flexibility index (Phi) is 7.14. The van der Waals surface area contributed by atoms with Crippen LogP contribution in [0.25, 0.3) is 0 Å². The van der Waals surface area contributed by atoms with Crippen molar-refractivity contribution in [2.45, 2.75) is 20.0 Å². The standard InChI is InChI=1S/C15H20ClNO5/c1-10-4-5-12(16)13(8-10)22-11(2)15(20)17(6-7-21-3)9-14(18)19/h4-5,8,11H,6-7,9H2,1-3H3,(H,18,19). The van der Waals surface area contributed by atoms with Crippen LogP contribution in [0.2, 0.25) is 5.02 Å². The summed E-state index contributed by atoms with van der Waals surface area (Å²) in [6.07, 6.45) is -0.851. The number of amides is 1. The number of carbonyl (C=O) groups excluding carboxylic acids is 1. The molecule has 1 amide bonds. The molecule has 0 saturated carbocycles. The van der Waals surface area contributed by atoms with Gasteiger partial charge in [-0.2, -0.15) is 0 Å². The van der Waals surface area contributed by atoms with E-state index in [1.807, 2.05) is 13.0 Å². The summed E-state index contributed by atoms with van der Waals surface area (Å²) in [6.45, 7) is 3.46. The first-order valence-corrected chi connectivity index (χ1v) is 7.15. The summed E-state index contributed by atoms with van der Waals surface area (Å²) >= 11 is 6.03. The topological polar surface area (TPSA) is 76.1 Å². The van der Waals surface area contributed by atoms with Crippen LogP contribution in [0.4, 0.5) is 0 Å². The summed E-state index contributed by atoms with van der Waals surface area (Å²) < 4.78 is 10.5. The fourth-order valence-electron chi connectivity index (χ4n) is 1.83. The lowest BCUT2D eigenvalue weighted by atomic mass is 10.2. The number of aliphatic carboxylic acids is 1. The Morgan fingerprint density at radius 1 is 1.41 bits per heavy atom. The average molecular weight is 330 g/mol. The molecule has 0 bridgehead atoms. The van der Waals surface area contributed by atoms with Gasteiger partial charge in [0, 0.05) is 13.7 Å². The molecular formula is C15H20ClNO5. The van der Waals surface area contributed by atoms with Crippen molar-refractivity contribution in [2.24, 2.45) is 0 Å². The number of ether oxygens (including phenoxy) is 2. The van der Waals surface area contributed by atoms with Crippen LogP contribution in [-0.4, -0.2) is 54.8 Å². The van der Waals surface area contributed by atoms with Gasteiger partial charge in [0.2, 0.25) is 0 Å². The van der Waals surface area contributed by atoms with E-state index in [1.54, 1.807) is 19.1 Å². The van der Waals surface area contributed by atoms with Gasteiger partial charge in [-0.25, -0.2) is 0 Å². The first-order valence-electron chi connectivity index (χ1n) is 6.77. The Balaban J connectivity index is 2.79. The van der Waals surface area contributed by atoms with Crippen molar-refractivity contribution >= 4 is 23.5 Å². The van der Waals surface area contributed by atoms with Crippen molar-refractivity contribution in [1.82, 2.24) is 4.90 Å². The summed E-state index contributed by atoms with van der Waals surface area (Å²) in [6, 6.07) is 5.24. The molecule has 22 heavy (non-hydrogen) atoms. The number of benzene rings is 1. The number of nitrogens with zero attached hydrogens (tertiary/aromatic N) is 1. The lowest BCUT2D eigenvalue weighted by molar-refractivity contribution is -0.148. The van der Waals surface area contributed by atoms with Gasteiger partial charge in [0.1, 0.15) is 12.3 Å². The minimum atomic E-state index is -1.09. The average Bonchev–Trinajstić information content (AvgIpc) is 2.46. The fourth-order valence-corrected chi connectivity index (χ4v) is 1.99. The zero-order valence-electron chi connectivity index (χ0n) is 12.8. The summed E-state index contributed by atoms with van der Waals surface area (Å²) in [5.74, 6) is -1.13. The van der Waals surface area contributed by atoms with Crippen LogP contribution in [0.15, 0.2) is 18.2 Å². The highest BCUT2D eigenvalue weighted by Crippen LogP contribution is 2.26. The molecule has 0 aliphatic rings. The van der Waals surface area contributed by atoms with Crippen molar-refractivity contribution < 1.29 is 24.2 Å². The van der Waals surface area contributed by atoms with Gasteiger partial charge in [0.25, 0.3) is 5.91 Å². The Hall–Kier alpha value is -1.79. The lowest BCUT2D eigenvalue weighted by Crippen LogP contribution is -2.44. The van der Waals surface area contributed by atoms with Crippen LogP contribution in [0.3, 0.4) is 0 Å². The van der Waals surface area contributed by atoms with Crippen molar-refractivity contribution in [3.8, 4) is 5.75 Å². The molecule has 0 fully saturated rings. The molecule has 0 aliphatic heterocycles. The molecule has 1 aromatic carbocycles. The highest BCUT2D eigenvalue weighted by atomic mass is 35.5. The van der Waals surface area contributed by atoms with Crippen LogP contribution in [0, 0.1) is 6.92 Å². The van der Waals surface area contributed by atoms with Crippen LogP contribution in [0.1, 0.15) is 12.5 Å². The molecule has 122 valence electrons. The monoisotopic (exact) mass is 329 g/mol. The molecule has 7 heteroatoms. The van der Waals surface area contributed by atoms with Gasteiger partial charge in [0.05, 0.1) is 11.6 Å². The maximum atomic E-state index is 12.3. The Labute approximate surface area is 134 Å². The SMILES string of the molecule is COCCN(CC(=O)O)C(=O)C(C)Oc1cc(C)ccc1Cl. The highest BCUT2D eigenvalue weighted by Gasteiger charge is 2.24. The third-order valence-corrected chi connectivity index (χ3v) is 3.25. The van der Waals surface area contributed by atoms with Crippen LogP contribution >= 0.6 is 11.6 Å². The number of carbonyl (C=O) groups is 2. The normalized spacial score (nSPS) is 11.8. The third kappa shape index (κ3) is 5.54. The predicted octanol–water partition coefficient (Wildman–Crippen LogP) is 1.98. The lowest BCUT2D eigenvalue weighted by Gasteiger charge is -2.24. The summed E-state index contributed by atoms with van der Waals surface area (Å²) in [5, 5.41) is 9.28. The summed E-state index contributed by atoms with van der Waals surface area (Å²) in [7, 11) is 1.48. The van der Waals surface area contributed by atoms with E-state index in [1.165, 1.54) is 12.0 Å². The minimum absolute atomic E-state index is 0.177. The molecule has 0 saturated heterocycles. The van der Waals surface area contributed by atoms with Gasteiger partial charge in [-0.3, -0.25) is 9.59 Å². The van der Waals surface area contributed by atoms with Crippen LogP contribution in [0.5, 0.6) is 5.75 Å². The number of aryl methyl sites for hydroxylation is 1. The van der Waals surface area contributed by atoms with Gasteiger partial charge >= 0.3 is 5.97 Å². The van der Waals surface area contributed by atoms with Gasteiger partial charge in [-0.05, 0) is 31.5 Å². The second-order valence-electron chi connectivity index (χ2n) is 4.84. The number of halogens is 1. The van der Waals surface area contributed by atoms with E-state index in [0.29, 0.717) is 10.8 Å². The number of carboxylic acid groups (broad SMARTS) is 1. The van der Waals surface area contributed by atoms with Crippen molar-refractivity contribution in [3.05, 3.63) is 28.8 Å². The Bertz CT molecular complexity index is 535. The van der Waals surface area contributed by atoms with Crippen molar-refractivity contribution in [2.75, 3.05) is 26.8 Å². The van der Waals surface area contributed by atoms with E-state index < -0.39 is 24.5 Å². The molecule has 1 N–H and O–H groups in total. The number of rotatable bonds is 8. The molecule has 1 aromatic rings. The van der Waals surface area contributed by atoms with Crippen LogP contribution < -0.4 is 4.74 Å². The Morgan fingerprint density at radius 2 is 2.09 bits per heavy atom. The molecule has 1 rings (SSSR count). The zero-order chi connectivity index (χ0) is 16.7. The highest BCUT2D eigenvalue weighted by molar-refractivity contribution is 6.32. The van der Waals surface area contributed by atoms with Crippen LogP contribution in [-0.2, 0) is 14.3 Å². The molecule has 0 radical (unpaired) electrons. The number of carboxylic acids is 1. The molecule has 0 spiro atoms. The molecule has 0 aliphatic carbocycles. The zero-order valence-corrected chi connectivity index (χ0v) is 13.6. The predicted molar refractivity (Wildman–Crippen MR) is 82.4 cm³/mol. The first kappa shape index (κ1) is 18.3. The number of methoxy groups -OCH3 is 1. The molecule has 0 aromatic heterocycles. The van der Waals surface area contributed by atoms with E-state index in [9.17, 15) is 9.59 Å². The quantitative estimate of drug-likeness (QED) is 0.789. The molecular weight excluding hydrogens is 310 g/mol. The maximum Gasteiger partial charge on any atom is 0.323 e. The van der Waals surface area contributed by atoms with E-state index >= 15 is 0 Å². The summed E-state index contributed by atoms with van der Waals surface area (Å²) in [5.41, 5.74) is 0.945. The molecule has 1 unspecified atom stereocenters. The van der Waals surface area contributed by atoms with Crippen molar-refractivity contribution in [1.29, 1.82) is 0 Å². The largest absolute Gasteiger partial charge is 0.480 e. The second kappa shape index (κ2) is 8.60. The minimum Gasteiger partial charge on any atom is -0.480 e. The molecule has 1 atom stereocenters. The summed E-state index contributed by atoms with van der Waals surface area (Å²) in [4.78, 5) is 24.4. The van der Waals surface area contributed by atoms with Gasteiger partial charge < -0.3 is 19.5 Å². The number of hydrogen-bond donors (Lipinski definition) is 1. The first-order chi connectivity index (χ1) is 10.3. The van der Waals surface area contributed by atoms with E-state index in [0.717, 1.165) is 5.56 Å². The smallest absolute Gasteiger partial charge is 0.323 e. The fraction of sp³-hybridized carbons (Fsp3) is 0.467. The number of hydrogen-bond acceptors (Lipinski definition) is 4. The maximum absolute atomic E-state index is 12.3. The second-order valence-corrected chi connectivity index (χ2v) is 5.25. The molecule has 6 nitrogen and oxygen atoms in total. The van der Waals surface area contributed by atoms with Gasteiger partial charge in [0.15, 0.2) is 6.10 Å². The van der Waals surface area contributed by atoms with Crippen molar-refractivity contribution in [3.63, 3.8) is 0 Å². The van der Waals surface area contributed by atoms with Gasteiger partial charge in [-0.15, -0.1) is 0 Å². The van der Waals surface area contributed by atoms with E-state index in [2.05, 4.69) is 0 Å². The Morgan fingerprint density at radius 3 is 2.68 bits per heavy atom. The van der Waals surface area contributed by atoms with E-state index in [4.69, 9.17) is 26.2 Å². The van der Waals surface area contributed by atoms with Gasteiger partial charge in [-0.1, -0.05) is 17.7 Å². The molecule has 0 heterocycles. The third-order valence-electron chi connectivity index (χ3n) is 2.94. The van der Waals surface area contributed by atoms with E-state index in [-0.39, 0.29) is 13.2 Å².